The predicted molar refractivity (Wildman–Crippen MR) is 94.8 cm³/mol. The Morgan fingerprint density at radius 2 is 1.76 bits per heavy atom. The molecule has 0 saturated carbocycles. The van der Waals surface area contributed by atoms with Gasteiger partial charge in [0.1, 0.15) is 0 Å². The van der Waals surface area contributed by atoms with Gasteiger partial charge < -0.3 is 0 Å². The molecule has 0 heterocycles. The van der Waals surface area contributed by atoms with E-state index in [1.54, 1.807) is 3.12 Å². The van der Waals surface area contributed by atoms with Gasteiger partial charge in [0.15, 0.2) is 0 Å². The summed E-state index contributed by atoms with van der Waals surface area (Å²) in [5, 5.41) is 0. The third kappa shape index (κ3) is 3.89. The number of rotatable bonds is 5. The SMILES string of the molecule is CCC/[C](OC)=[Pb](/[CH3])[c]1cccc(-c2ccccc2)c1C. The van der Waals surface area contributed by atoms with Crippen molar-refractivity contribution in [1.82, 2.24) is 0 Å². The van der Waals surface area contributed by atoms with Gasteiger partial charge in [-0.25, -0.2) is 0 Å². The van der Waals surface area contributed by atoms with Crippen LogP contribution < -0.4 is 3.12 Å². The third-order valence-electron chi connectivity index (χ3n) is 3.96. The summed E-state index contributed by atoms with van der Waals surface area (Å²) in [6, 6.07) is 17.4. The van der Waals surface area contributed by atoms with Gasteiger partial charge >= 0.3 is 137 Å². The van der Waals surface area contributed by atoms with Gasteiger partial charge in [0.2, 0.25) is 0 Å². The average molecular weight is 476 g/mol. The first-order valence-corrected chi connectivity index (χ1v) is 15.4. The minimum absolute atomic E-state index is 1.12. The fourth-order valence-electron chi connectivity index (χ4n) is 2.79. The van der Waals surface area contributed by atoms with Gasteiger partial charge in [-0.2, -0.15) is 0 Å². The van der Waals surface area contributed by atoms with Crippen molar-refractivity contribution in [3.63, 3.8) is 0 Å². The molecule has 0 aliphatic heterocycles. The van der Waals surface area contributed by atoms with Crippen LogP contribution in [-0.4, -0.2) is 32.6 Å². The van der Waals surface area contributed by atoms with E-state index in [0.717, 1.165) is 6.42 Å². The molecule has 110 valence electrons. The number of ether oxygens (including phenoxy) is 1. The van der Waals surface area contributed by atoms with Crippen LogP contribution in [0.4, 0.5) is 0 Å². The second kappa shape index (κ2) is 7.99. The third-order valence-corrected chi connectivity index (χ3v) is 14.2. The molecule has 0 fully saturated rings. The quantitative estimate of drug-likeness (QED) is 0.591. The van der Waals surface area contributed by atoms with Crippen molar-refractivity contribution in [3.05, 3.63) is 54.1 Å². The summed E-state index contributed by atoms with van der Waals surface area (Å²) in [6.45, 7) is 4.50. The van der Waals surface area contributed by atoms with Crippen LogP contribution in [0.2, 0.25) is 4.48 Å². The molecule has 0 aliphatic rings. The van der Waals surface area contributed by atoms with Crippen molar-refractivity contribution in [2.24, 2.45) is 0 Å². The first-order chi connectivity index (χ1) is 10.2. The monoisotopic (exact) mass is 476 g/mol. The maximum absolute atomic E-state index is 5.72. The van der Waals surface area contributed by atoms with Crippen molar-refractivity contribution in [3.8, 4) is 11.1 Å². The molecule has 2 aromatic rings. The van der Waals surface area contributed by atoms with Gasteiger partial charge in [0, 0.05) is 0 Å². The summed E-state index contributed by atoms with van der Waals surface area (Å²) in [6.07, 6.45) is 2.28. The van der Waals surface area contributed by atoms with Crippen LogP contribution in [0.5, 0.6) is 0 Å². The van der Waals surface area contributed by atoms with E-state index in [1.807, 2.05) is 7.11 Å². The molecule has 0 amide bonds. The van der Waals surface area contributed by atoms with E-state index in [9.17, 15) is 0 Å². The molecule has 0 spiro atoms. The summed E-state index contributed by atoms with van der Waals surface area (Å²) in [5.41, 5.74) is 4.12. The standard InChI is InChI=1S/C13H11.C5H10O.CH3.Pb/c1-11-7-5-6-10-13(11)12-8-3-2-4-9-12;1-3-4-5-6-2;;/h2-6,8-10H,1H3;3-4H2,1-2H3;1H3;. The van der Waals surface area contributed by atoms with Gasteiger partial charge in [-0.3, -0.25) is 0 Å². The predicted octanol–water partition coefficient (Wildman–Crippen LogP) is 4.15. The van der Waals surface area contributed by atoms with E-state index in [1.165, 1.54) is 26.4 Å². The molecular weight excluding hydrogens is 451 g/mol. The molecular formula is C19H24OPb. The van der Waals surface area contributed by atoms with Crippen LogP contribution in [-0.2, 0) is 4.74 Å². The van der Waals surface area contributed by atoms with Gasteiger partial charge in [-0.15, -0.1) is 0 Å². The first kappa shape index (κ1) is 16.6. The average Bonchev–Trinajstić information content (AvgIpc) is 2.53. The van der Waals surface area contributed by atoms with E-state index in [4.69, 9.17) is 4.74 Å². The summed E-state index contributed by atoms with van der Waals surface area (Å²) in [5.74, 6) is 0. The number of hydrogen-bond donors (Lipinski definition) is 0. The van der Waals surface area contributed by atoms with E-state index in [0.29, 0.717) is 0 Å². The van der Waals surface area contributed by atoms with Crippen LogP contribution in [0.25, 0.3) is 11.1 Å². The zero-order valence-corrected chi connectivity index (χ0v) is 17.3. The fourth-order valence-corrected chi connectivity index (χ4v) is 11.6. The normalized spacial score (nSPS) is 12.2. The molecule has 1 nitrogen and oxygen atoms in total. The Bertz CT molecular complexity index is 629. The topological polar surface area (TPSA) is 9.23 Å². The Morgan fingerprint density at radius 1 is 1.05 bits per heavy atom. The molecule has 0 atom stereocenters. The van der Waals surface area contributed by atoms with Gasteiger partial charge in [-0.1, -0.05) is 0 Å². The van der Waals surface area contributed by atoms with Crippen molar-refractivity contribution >= 4 is 28.6 Å². The molecule has 0 saturated heterocycles. The van der Waals surface area contributed by atoms with Crippen LogP contribution >= 0.6 is 0 Å². The molecule has 2 rings (SSSR count). The van der Waals surface area contributed by atoms with E-state index in [-0.39, 0.29) is 0 Å². The summed E-state index contributed by atoms with van der Waals surface area (Å²) >= 11 is -2.00. The van der Waals surface area contributed by atoms with Gasteiger partial charge in [0.05, 0.1) is 0 Å². The molecule has 0 N–H and O–H groups in total. The molecule has 0 unspecified atom stereocenters. The first-order valence-electron chi connectivity index (χ1n) is 7.58. The summed E-state index contributed by atoms with van der Waals surface area (Å²) in [7, 11) is 1.84. The van der Waals surface area contributed by atoms with E-state index in [2.05, 4.69) is 66.9 Å². The number of methoxy groups -OCH3 is 1. The minimum atomic E-state index is -2.00. The van der Waals surface area contributed by atoms with Crippen molar-refractivity contribution in [2.45, 2.75) is 31.2 Å². The zero-order chi connectivity index (χ0) is 15.2. The Kier molecular flexibility index (Phi) is 6.30. The molecule has 21 heavy (non-hydrogen) atoms. The van der Waals surface area contributed by atoms with Crippen LogP contribution in [0.15, 0.2) is 48.5 Å². The van der Waals surface area contributed by atoms with Crippen LogP contribution in [0.3, 0.4) is 0 Å². The Balaban J connectivity index is 2.52. The zero-order valence-electron chi connectivity index (χ0n) is 13.4. The van der Waals surface area contributed by atoms with Crippen molar-refractivity contribution < 1.29 is 4.74 Å². The van der Waals surface area contributed by atoms with E-state index < -0.39 is 22.2 Å². The van der Waals surface area contributed by atoms with Crippen molar-refractivity contribution in [2.75, 3.05) is 7.11 Å². The molecule has 0 radical (unpaired) electrons. The molecule has 0 aromatic heterocycles. The number of benzene rings is 2. The Labute approximate surface area is 136 Å². The fraction of sp³-hybridized carbons (Fsp3) is 0.316. The second-order valence-corrected chi connectivity index (χ2v) is 14.5. The second-order valence-electron chi connectivity index (χ2n) is 5.35. The summed E-state index contributed by atoms with van der Waals surface area (Å²) < 4.78 is 11.1. The van der Waals surface area contributed by atoms with Crippen LogP contribution in [0, 0.1) is 6.92 Å². The van der Waals surface area contributed by atoms with Crippen LogP contribution in [0.1, 0.15) is 25.3 Å². The Morgan fingerprint density at radius 3 is 2.38 bits per heavy atom. The molecule has 0 bridgehead atoms. The molecule has 2 heteroatoms. The molecule has 2 aromatic carbocycles. The summed E-state index contributed by atoms with van der Waals surface area (Å²) in [4.78, 5) is 0. The van der Waals surface area contributed by atoms with E-state index >= 15 is 0 Å². The maximum atomic E-state index is 5.72. The molecule has 0 aliphatic carbocycles. The van der Waals surface area contributed by atoms with Gasteiger partial charge in [-0.05, 0) is 0 Å². The Hall–Kier alpha value is -0.808. The van der Waals surface area contributed by atoms with Gasteiger partial charge in [0.25, 0.3) is 0 Å². The number of hydrogen-bond acceptors (Lipinski definition) is 1. The van der Waals surface area contributed by atoms with Crippen molar-refractivity contribution in [1.29, 1.82) is 0 Å².